The average molecular weight is 518 g/mol. The number of ether oxygens (including phenoxy) is 2. The Balaban J connectivity index is 1.69. The van der Waals surface area contributed by atoms with E-state index in [9.17, 15) is 20.0 Å². The Morgan fingerprint density at radius 2 is 2.09 bits per heavy atom. The number of hydrogen-bond donors (Lipinski definition) is 2. The van der Waals surface area contributed by atoms with Crippen LogP contribution in [-0.4, -0.2) is 64.6 Å². The number of rotatable bonds is 8. The lowest BCUT2D eigenvalue weighted by Crippen LogP contribution is -2.36. The second-order valence-electron chi connectivity index (χ2n) is 7.33. The molecule has 4 rings (SSSR count). The van der Waals surface area contributed by atoms with Crippen LogP contribution < -0.4 is 9.64 Å². The first-order chi connectivity index (χ1) is 16.9. The molecule has 0 saturated carbocycles. The SMILES string of the molecule is COc1ccc(Cl)cc1-c1nc(S/C(=C\c2cc([N+](=O)[O-])ccc2N2CCOCC2)C(=O)O)n[nH]1. The molecule has 35 heavy (non-hydrogen) atoms. The van der Waals surface area contributed by atoms with Gasteiger partial charge in [0.15, 0.2) is 5.82 Å². The number of nitrogens with one attached hydrogen (secondary N) is 1. The quantitative estimate of drug-likeness (QED) is 0.194. The van der Waals surface area contributed by atoms with Crippen molar-refractivity contribution in [1.29, 1.82) is 0 Å². The lowest BCUT2D eigenvalue weighted by Gasteiger charge is -2.30. The van der Waals surface area contributed by atoms with Gasteiger partial charge in [0.05, 0.1) is 30.8 Å². The summed E-state index contributed by atoms with van der Waals surface area (Å²) in [5.74, 6) is -0.357. The smallest absolute Gasteiger partial charge is 0.342 e. The van der Waals surface area contributed by atoms with Crippen LogP contribution in [0.2, 0.25) is 5.02 Å². The van der Waals surface area contributed by atoms with Crippen molar-refractivity contribution in [2.45, 2.75) is 5.16 Å². The summed E-state index contributed by atoms with van der Waals surface area (Å²) in [6, 6.07) is 9.39. The summed E-state index contributed by atoms with van der Waals surface area (Å²) in [6.45, 7) is 2.18. The molecule has 1 aliphatic rings. The number of carbonyl (C=O) groups is 1. The van der Waals surface area contributed by atoms with Crippen molar-refractivity contribution in [3.05, 3.63) is 62.0 Å². The predicted octanol–water partition coefficient (Wildman–Crippen LogP) is 4.10. The minimum Gasteiger partial charge on any atom is -0.496 e. The molecule has 0 radical (unpaired) electrons. The molecule has 1 aromatic heterocycles. The van der Waals surface area contributed by atoms with Gasteiger partial charge in [-0.1, -0.05) is 11.6 Å². The summed E-state index contributed by atoms with van der Waals surface area (Å²) < 4.78 is 10.7. The number of halogens is 1. The lowest BCUT2D eigenvalue weighted by atomic mass is 10.1. The van der Waals surface area contributed by atoms with Gasteiger partial charge in [-0.25, -0.2) is 9.78 Å². The average Bonchev–Trinajstić information content (AvgIpc) is 3.32. The third-order valence-corrected chi connectivity index (χ3v) is 6.27. The van der Waals surface area contributed by atoms with Gasteiger partial charge in [-0.3, -0.25) is 15.2 Å². The molecule has 0 bridgehead atoms. The fraction of sp³-hybridized carbons (Fsp3) is 0.227. The predicted molar refractivity (Wildman–Crippen MR) is 131 cm³/mol. The lowest BCUT2D eigenvalue weighted by molar-refractivity contribution is -0.384. The van der Waals surface area contributed by atoms with Gasteiger partial charge in [-0.15, -0.1) is 5.10 Å². The third kappa shape index (κ3) is 5.73. The van der Waals surface area contributed by atoms with Gasteiger partial charge in [0.25, 0.3) is 5.69 Å². The summed E-state index contributed by atoms with van der Waals surface area (Å²) in [5, 5.41) is 28.7. The van der Waals surface area contributed by atoms with Crippen LogP contribution in [0.25, 0.3) is 17.5 Å². The number of nitrogens with zero attached hydrogens (tertiary/aromatic N) is 4. The third-order valence-electron chi connectivity index (χ3n) is 5.15. The van der Waals surface area contributed by atoms with Crippen molar-refractivity contribution in [2.75, 3.05) is 38.3 Å². The maximum absolute atomic E-state index is 12.1. The van der Waals surface area contributed by atoms with Crippen molar-refractivity contribution in [1.82, 2.24) is 15.2 Å². The van der Waals surface area contributed by atoms with Crippen LogP contribution >= 0.6 is 23.4 Å². The van der Waals surface area contributed by atoms with E-state index in [2.05, 4.69) is 15.2 Å². The van der Waals surface area contributed by atoms with Crippen LogP contribution in [0.15, 0.2) is 46.5 Å². The minimum atomic E-state index is -1.22. The number of carboxylic acid groups (broad SMARTS) is 1. The Hall–Kier alpha value is -3.61. The van der Waals surface area contributed by atoms with E-state index < -0.39 is 10.9 Å². The Morgan fingerprint density at radius 3 is 2.77 bits per heavy atom. The van der Waals surface area contributed by atoms with Gasteiger partial charge in [-0.05, 0) is 42.1 Å². The molecule has 0 aliphatic carbocycles. The van der Waals surface area contributed by atoms with Crippen molar-refractivity contribution in [3.8, 4) is 17.1 Å². The molecule has 13 heteroatoms. The zero-order valence-electron chi connectivity index (χ0n) is 18.4. The standard InChI is InChI=1S/C22H20ClN5O6S/c1-33-18-5-2-14(23)12-16(18)20-24-22(26-25-20)35-19(21(29)30)11-13-10-15(28(31)32)3-4-17(13)27-6-8-34-9-7-27/h2-5,10-12H,6-9H2,1H3,(H,29,30)(H,24,25,26)/b19-11-. The molecule has 1 saturated heterocycles. The first-order valence-electron chi connectivity index (χ1n) is 10.4. The van der Waals surface area contributed by atoms with Gasteiger partial charge >= 0.3 is 5.97 Å². The minimum absolute atomic E-state index is 0.108. The summed E-state index contributed by atoms with van der Waals surface area (Å²) in [4.78, 5) is 29.2. The van der Waals surface area contributed by atoms with Gasteiger partial charge in [0, 0.05) is 41.5 Å². The van der Waals surface area contributed by atoms with Crippen LogP contribution in [0, 0.1) is 10.1 Å². The molecule has 0 spiro atoms. The number of hydrogen-bond acceptors (Lipinski definition) is 9. The zero-order chi connectivity index (χ0) is 24.9. The molecule has 0 unspecified atom stereocenters. The highest BCUT2D eigenvalue weighted by Gasteiger charge is 2.21. The van der Waals surface area contributed by atoms with E-state index in [1.807, 2.05) is 4.90 Å². The second kappa shape index (κ2) is 10.8. The van der Waals surface area contributed by atoms with Crippen molar-refractivity contribution in [2.24, 2.45) is 0 Å². The summed E-state index contributed by atoms with van der Waals surface area (Å²) in [5.41, 5.74) is 1.50. The zero-order valence-corrected chi connectivity index (χ0v) is 20.0. The Bertz CT molecular complexity index is 1290. The highest BCUT2D eigenvalue weighted by Crippen LogP contribution is 2.34. The number of nitro groups is 1. The molecular formula is C22H20ClN5O6S. The van der Waals surface area contributed by atoms with E-state index in [0.717, 1.165) is 11.8 Å². The van der Waals surface area contributed by atoms with E-state index in [0.29, 0.717) is 59.7 Å². The van der Waals surface area contributed by atoms with Gasteiger partial charge in [-0.2, -0.15) is 0 Å². The first kappa shape index (κ1) is 24.5. The number of aromatic amines is 1. The summed E-state index contributed by atoms with van der Waals surface area (Å²) in [6.07, 6.45) is 1.39. The molecule has 2 N–H and O–H groups in total. The number of thioether (sulfide) groups is 1. The molecule has 1 fully saturated rings. The number of methoxy groups -OCH3 is 1. The van der Waals surface area contributed by atoms with Crippen LogP contribution in [0.3, 0.4) is 0 Å². The van der Waals surface area contributed by atoms with E-state index in [1.54, 1.807) is 24.3 Å². The van der Waals surface area contributed by atoms with Gasteiger partial charge in [0.2, 0.25) is 5.16 Å². The second-order valence-corrected chi connectivity index (χ2v) is 8.77. The fourth-order valence-electron chi connectivity index (χ4n) is 3.52. The molecule has 182 valence electrons. The molecular weight excluding hydrogens is 498 g/mol. The molecule has 11 nitrogen and oxygen atoms in total. The Kier molecular flexibility index (Phi) is 7.54. The Labute approximate surface area is 208 Å². The highest BCUT2D eigenvalue weighted by atomic mass is 35.5. The molecule has 0 amide bonds. The number of morpholine rings is 1. The number of non-ortho nitro benzene ring substituents is 1. The molecule has 0 atom stereocenters. The molecule has 3 aromatic rings. The number of anilines is 1. The van der Waals surface area contributed by atoms with E-state index in [1.165, 1.54) is 25.3 Å². The maximum Gasteiger partial charge on any atom is 0.342 e. The summed E-state index contributed by atoms with van der Waals surface area (Å²) in [7, 11) is 1.51. The number of aliphatic carboxylic acids is 1. The molecule has 1 aliphatic heterocycles. The molecule has 2 aromatic carbocycles. The van der Waals surface area contributed by atoms with E-state index in [4.69, 9.17) is 21.1 Å². The van der Waals surface area contributed by atoms with Crippen LogP contribution in [-0.2, 0) is 9.53 Å². The number of carboxylic acids is 1. The van der Waals surface area contributed by atoms with Crippen molar-refractivity contribution in [3.63, 3.8) is 0 Å². The Morgan fingerprint density at radius 1 is 1.31 bits per heavy atom. The topological polar surface area (TPSA) is 144 Å². The largest absolute Gasteiger partial charge is 0.496 e. The number of H-pyrrole nitrogens is 1. The highest BCUT2D eigenvalue weighted by molar-refractivity contribution is 8.04. The molecule has 2 heterocycles. The number of aromatic nitrogens is 3. The van der Waals surface area contributed by atoms with Crippen molar-refractivity contribution < 1.29 is 24.3 Å². The van der Waals surface area contributed by atoms with Crippen LogP contribution in [0.1, 0.15) is 5.56 Å². The monoisotopic (exact) mass is 517 g/mol. The van der Waals surface area contributed by atoms with Gasteiger partial charge in [0.1, 0.15) is 10.7 Å². The van der Waals surface area contributed by atoms with Crippen LogP contribution in [0.5, 0.6) is 5.75 Å². The normalized spacial score (nSPS) is 14.1. The summed E-state index contributed by atoms with van der Waals surface area (Å²) >= 11 is 6.91. The number of benzene rings is 2. The van der Waals surface area contributed by atoms with Crippen LogP contribution in [0.4, 0.5) is 11.4 Å². The first-order valence-corrected chi connectivity index (χ1v) is 11.6. The van der Waals surface area contributed by atoms with E-state index in [-0.39, 0.29) is 15.7 Å². The van der Waals surface area contributed by atoms with E-state index >= 15 is 0 Å². The fourth-order valence-corrected chi connectivity index (χ4v) is 4.39. The maximum atomic E-state index is 12.1. The van der Waals surface area contributed by atoms with Gasteiger partial charge < -0.3 is 19.5 Å². The number of nitro benzene ring substituents is 1. The van der Waals surface area contributed by atoms with Crippen molar-refractivity contribution >= 4 is 46.8 Å².